The summed E-state index contributed by atoms with van der Waals surface area (Å²) < 4.78 is 5.35. The molecule has 1 unspecified atom stereocenters. The monoisotopic (exact) mass is 469 g/mol. The van der Waals surface area contributed by atoms with E-state index in [4.69, 9.17) is 4.74 Å². The number of methoxy groups -OCH3 is 1. The van der Waals surface area contributed by atoms with Crippen molar-refractivity contribution in [3.63, 3.8) is 0 Å². The van der Waals surface area contributed by atoms with Crippen LogP contribution in [0.2, 0.25) is 0 Å². The number of ketones is 1. The maximum atomic E-state index is 13.4. The fourth-order valence-corrected chi connectivity index (χ4v) is 4.38. The maximum Gasteiger partial charge on any atom is 0.300 e. The third kappa shape index (κ3) is 4.46. The zero-order valence-electron chi connectivity index (χ0n) is 21.0. The summed E-state index contributed by atoms with van der Waals surface area (Å²) in [5.74, 6) is -1.01. The summed E-state index contributed by atoms with van der Waals surface area (Å²) >= 11 is 0. The predicted molar refractivity (Wildman–Crippen MR) is 139 cm³/mol. The standard InChI is InChI=1S/C30H31NO4/c1-18-10-11-21(16-19(18)2)27(32)25-26(20-12-14-22(15-13-20)30(3,4)5)31(29(34)28(25)33)23-8-7-9-24(17-23)35-6/h7-17,26,32H,1-6H3/b27-25+. The average molecular weight is 470 g/mol. The minimum Gasteiger partial charge on any atom is -0.507 e. The lowest BCUT2D eigenvalue weighted by atomic mass is 9.85. The van der Waals surface area contributed by atoms with Crippen molar-refractivity contribution in [3.8, 4) is 5.75 Å². The molecule has 1 saturated heterocycles. The van der Waals surface area contributed by atoms with Crippen LogP contribution in [-0.2, 0) is 15.0 Å². The summed E-state index contributed by atoms with van der Waals surface area (Å²) in [7, 11) is 1.55. The maximum absolute atomic E-state index is 13.4. The molecule has 1 fully saturated rings. The fourth-order valence-electron chi connectivity index (χ4n) is 4.38. The van der Waals surface area contributed by atoms with E-state index in [1.165, 1.54) is 4.90 Å². The third-order valence-corrected chi connectivity index (χ3v) is 6.65. The number of carbonyl (C=O) groups excluding carboxylic acids is 2. The Kier molecular flexibility index (Phi) is 6.28. The molecular formula is C30H31NO4. The fraction of sp³-hybridized carbons (Fsp3) is 0.267. The lowest BCUT2D eigenvalue weighted by Gasteiger charge is -2.27. The van der Waals surface area contributed by atoms with Crippen molar-refractivity contribution in [2.24, 2.45) is 0 Å². The molecule has 0 spiro atoms. The van der Waals surface area contributed by atoms with Gasteiger partial charge in [0.2, 0.25) is 0 Å². The van der Waals surface area contributed by atoms with Crippen LogP contribution in [0.4, 0.5) is 5.69 Å². The van der Waals surface area contributed by atoms with Crippen LogP contribution in [0.15, 0.2) is 72.3 Å². The van der Waals surface area contributed by atoms with Crippen LogP contribution in [-0.4, -0.2) is 23.9 Å². The summed E-state index contributed by atoms with van der Waals surface area (Å²) in [6.07, 6.45) is 0. The van der Waals surface area contributed by atoms with Crippen molar-refractivity contribution < 1.29 is 19.4 Å². The molecule has 1 atom stereocenters. The number of carbonyl (C=O) groups is 2. The highest BCUT2D eigenvalue weighted by atomic mass is 16.5. The molecule has 5 nitrogen and oxygen atoms in total. The van der Waals surface area contributed by atoms with Gasteiger partial charge in [0.25, 0.3) is 11.7 Å². The molecule has 3 aromatic carbocycles. The molecule has 1 aliphatic rings. The molecule has 0 aromatic heterocycles. The summed E-state index contributed by atoms with van der Waals surface area (Å²) in [5, 5.41) is 11.4. The summed E-state index contributed by atoms with van der Waals surface area (Å²) in [6, 6.07) is 19.6. The zero-order chi connectivity index (χ0) is 25.5. The van der Waals surface area contributed by atoms with Gasteiger partial charge in [-0.1, -0.05) is 63.2 Å². The first-order valence-corrected chi connectivity index (χ1v) is 11.7. The smallest absolute Gasteiger partial charge is 0.300 e. The number of hydrogen-bond donors (Lipinski definition) is 1. The topological polar surface area (TPSA) is 66.8 Å². The predicted octanol–water partition coefficient (Wildman–Crippen LogP) is 6.24. The molecule has 0 aliphatic carbocycles. The first-order valence-electron chi connectivity index (χ1n) is 11.7. The van der Waals surface area contributed by atoms with Gasteiger partial charge in [0, 0.05) is 17.3 Å². The summed E-state index contributed by atoms with van der Waals surface area (Å²) in [5.41, 5.74) is 4.99. The summed E-state index contributed by atoms with van der Waals surface area (Å²) in [4.78, 5) is 28.2. The normalized spacial score (nSPS) is 17.7. The van der Waals surface area contributed by atoms with Crippen molar-refractivity contribution in [1.82, 2.24) is 0 Å². The zero-order valence-corrected chi connectivity index (χ0v) is 21.0. The van der Waals surface area contributed by atoms with E-state index in [0.717, 1.165) is 22.3 Å². The number of anilines is 1. The Bertz CT molecular complexity index is 1330. The van der Waals surface area contributed by atoms with Gasteiger partial charge >= 0.3 is 0 Å². The van der Waals surface area contributed by atoms with Crippen LogP contribution in [0, 0.1) is 13.8 Å². The van der Waals surface area contributed by atoms with E-state index in [2.05, 4.69) is 20.8 Å². The Labute approximate surface area is 206 Å². The van der Waals surface area contributed by atoms with Gasteiger partial charge in [-0.15, -0.1) is 0 Å². The molecule has 0 saturated carbocycles. The number of Topliss-reactive ketones (excluding diaryl/α,β-unsaturated/α-hetero) is 1. The van der Waals surface area contributed by atoms with E-state index in [1.54, 1.807) is 37.4 Å². The molecule has 35 heavy (non-hydrogen) atoms. The van der Waals surface area contributed by atoms with E-state index in [9.17, 15) is 14.7 Å². The molecule has 1 heterocycles. The van der Waals surface area contributed by atoms with Crippen LogP contribution < -0.4 is 9.64 Å². The van der Waals surface area contributed by atoms with Crippen LogP contribution in [0.1, 0.15) is 54.6 Å². The Hall–Kier alpha value is -3.86. The van der Waals surface area contributed by atoms with Gasteiger partial charge in [-0.25, -0.2) is 0 Å². The number of aliphatic hydroxyl groups is 1. The number of aliphatic hydroxyl groups excluding tert-OH is 1. The number of ether oxygens (including phenoxy) is 1. The highest BCUT2D eigenvalue weighted by Gasteiger charge is 2.47. The Morgan fingerprint density at radius 2 is 1.60 bits per heavy atom. The van der Waals surface area contributed by atoms with Crippen LogP contribution >= 0.6 is 0 Å². The van der Waals surface area contributed by atoms with Crippen LogP contribution in [0.3, 0.4) is 0 Å². The highest BCUT2D eigenvalue weighted by molar-refractivity contribution is 6.51. The first-order chi connectivity index (χ1) is 16.5. The molecule has 0 radical (unpaired) electrons. The van der Waals surface area contributed by atoms with E-state index in [0.29, 0.717) is 17.0 Å². The number of benzene rings is 3. The van der Waals surface area contributed by atoms with Gasteiger partial charge in [0.15, 0.2) is 0 Å². The quantitative estimate of drug-likeness (QED) is 0.279. The second kappa shape index (κ2) is 9.06. The largest absolute Gasteiger partial charge is 0.507 e. The van der Waals surface area contributed by atoms with Gasteiger partial charge < -0.3 is 9.84 Å². The Morgan fingerprint density at radius 3 is 2.20 bits per heavy atom. The van der Waals surface area contributed by atoms with Crippen molar-refractivity contribution >= 4 is 23.1 Å². The van der Waals surface area contributed by atoms with Gasteiger partial charge in [0.05, 0.1) is 18.7 Å². The van der Waals surface area contributed by atoms with E-state index in [1.807, 2.05) is 50.2 Å². The lowest BCUT2D eigenvalue weighted by Crippen LogP contribution is -2.29. The number of hydrogen-bond acceptors (Lipinski definition) is 4. The molecule has 3 aromatic rings. The summed E-state index contributed by atoms with van der Waals surface area (Å²) in [6.45, 7) is 10.3. The molecule has 5 heteroatoms. The number of amides is 1. The number of rotatable bonds is 4. The molecule has 1 amide bonds. The lowest BCUT2D eigenvalue weighted by molar-refractivity contribution is -0.132. The van der Waals surface area contributed by atoms with E-state index < -0.39 is 17.7 Å². The van der Waals surface area contributed by atoms with Crippen molar-refractivity contribution in [2.45, 2.75) is 46.1 Å². The van der Waals surface area contributed by atoms with Crippen molar-refractivity contribution in [3.05, 3.63) is 100 Å². The average Bonchev–Trinajstić information content (AvgIpc) is 3.10. The molecule has 4 rings (SSSR count). The highest BCUT2D eigenvalue weighted by Crippen LogP contribution is 2.43. The minimum absolute atomic E-state index is 0.0490. The molecule has 1 aliphatic heterocycles. The first kappa shape index (κ1) is 24.3. The van der Waals surface area contributed by atoms with Gasteiger partial charge in [0.1, 0.15) is 11.5 Å². The van der Waals surface area contributed by atoms with Crippen LogP contribution in [0.5, 0.6) is 5.75 Å². The Balaban J connectivity index is 1.94. The second-order valence-corrected chi connectivity index (χ2v) is 10.0. The number of aryl methyl sites for hydroxylation is 2. The minimum atomic E-state index is -0.780. The molecular weight excluding hydrogens is 438 g/mol. The molecule has 0 bridgehead atoms. The second-order valence-electron chi connectivity index (χ2n) is 10.0. The van der Waals surface area contributed by atoms with Crippen LogP contribution in [0.25, 0.3) is 5.76 Å². The van der Waals surface area contributed by atoms with Crippen molar-refractivity contribution in [2.75, 3.05) is 12.0 Å². The van der Waals surface area contributed by atoms with Gasteiger partial charge in [-0.3, -0.25) is 14.5 Å². The van der Waals surface area contributed by atoms with Gasteiger partial charge in [-0.2, -0.15) is 0 Å². The SMILES string of the molecule is COc1cccc(N2C(=O)C(=O)/C(=C(/O)c3ccc(C)c(C)c3)C2c2ccc(C(C)(C)C)cc2)c1. The molecule has 180 valence electrons. The van der Waals surface area contributed by atoms with Crippen molar-refractivity contribution in [1.29, 1.82) is 0 Å². The van der Waals surface area contributed by atoms with E-state index >= 15 is 0 Å². The Morgan fingerprint density at radius 1 is 0.914 bits per heavy atom. The van der Waals surface area contributed by atoms with Gasteiger partial charge in [-0.05, 0) is 59.7 Å². The number of nitrogens with zero attached hydrogens (tertiary/aromatic N) is 1. The van der Waals surface area contributed by atoms with E-state index in [-0.39, 0.29) is 16.7 Å². The third-order valence-electron chi connectivity index (χ3n) is 6.65. The molecule has 1 N–H and O–H groups in total.